The van der Waals surface area contributed by atoms with Gasteiger partial charge in [-0.15, -0.1) is 11.3 Å². The topological polar surface area (TPSA) is 45.1 Å². The first-order valence-corrected chi connectivity index (χ1v) is 7.41. The minimum Gasteiger partial charge on any atom is -0.394 e. The molecule has 0 bridgehead atoms. The van der Waals surface area contributed by atoms with Crippen molar-refractivity contribution in [2.45, 2.75) is 57.0 Å². The van der Waals surface area contributed by atoms with E-state index < -0.39 is 0 Å². The Labute approximate surface area is 107 Å². The highest BCUT2D eigenvalue weighted by atomic mass is 32.1. The van der Waals surface area contributed by atoms with Crippen molar-refractivity contribution >= 4 is 11.3 Å². The summed E-state index contributed by atoms with van der Waals surface area (Å²) in [6.07, 6.45) is 9.56. The van der Waals surface area contributed by atoms with Crippen LogP contribution in [0.1, 0.15) is 50.5 Å². The number of thiazole rings is 1. The highest BCUT2D eigenvalue weighted by Crippen LogP contribution is 2.26. The Kier molecular flexibility index (Phi) is 4.54. The van der Waals surface area contributed by atoms with Crippen LogP contribution in [0.15, 0.2) is 11.6 Å². The van der Waals surface area contributed by atoms with Crippen molar-refractivity contribution < 1.29 is 5.11 Å². The Morgan fingerprint density at radius 2 is 2.12 bits per heavy atom. The summed E-state index contributed by atoms with van der Waals surface area (Å²) >= 11 is 1.61. The van der Waals surface area contributed by atoms with Crippen molar-refractivity contribution in [1.29, 1.82) is 0 Å². The van der Waals surface area contributed by atoms with Gasteiger partial charge in [-0.25, -0.2) is 4.98 Å². The molecule has 1 aromatic heterocycles. The molecule has 2 rings (SSSR count). The lowest BCUT2D eigenvalue weighted by atomic mass is 10.00. The molecule has 96 valence electrons. The molecule has 1 aliphatic carbocycles. The molecule has 4 heteroatoms. The van der Waals surface area contributed by atoms with Crippen LogP contribution >= 0.6 is 11.3 Å². The average molecular weight is 254 g/mol. The molecule has 3 nitrogen and oxygen atoms in total. The van der Waals surface area contributed by atoms with Gasteiger partial charge in [-0.1, -0.05) is 25.7 Å². The fourth-order valence-corrected chi connectivity index (χ4v) is 3.30. The second-order valence-electron chi connectivity index (χ2n) is 5.16. The third-order valence-corrected chi connectivity index (χ3v) is 4.64. The maximum atomic E-state index is 9.66. The molecule has 1 unspecified atom stereocenters. The van der Waals surface area contributed by atoms with Gasteiger partial charge in [0.2, 0.25) is 0 Å². The standard InChI is InChI=1S/C13H22N2OS/c1-13(10-16,12-14-8-9-17-12)15-11-6-4-2-3-5-7-11/h8-9,11,15-16H,2-7,10H2,1H3. The summed E-state index contributed by atoms with van der Waals surface area (Å²) in [7, 11) is 0. The largest absolute Gasteiger partial charge is 0.394 e. The van der Waals surface area contributed by atoms with Crippen LogP contribution in [0.4, 0.5) is 0 Å². The molecule has 2 N–H and O–H groups in total. The van der Waals surface area contributed by atoms with Gasteiger partial charge in [0.1, 0.15) is 5.01 Å². The van der Waals surface area contributed by atoms with E-state index in [-0.39, 0.29) is 12.1 Å². The molecule has 0 aliphatic heterocycles. The fraction of sp³-hybridized carbons (Fsp3) is 0.769. The maximum Gasteiger partial charge on any atom is 0.115 e. The van der Waals surface area contributed by atoms with Crippen LogP contribution in [0.25, 0.3) is 0 Å². The molecule has 0 saturated heterocycles. The number of aromatic nitrogens is 1. The lowest BCUT2D eigenvalue weighted by Gasteiger charge is -2.31. The lowest BCUT2D eigenvalue weighted by molar-refractivity contribution is 0.156. The highest BCUT2D eigenvalue weighted by Gasteiger charge is 2.31. The van der Waals surface area contributed by atoms with Gasteiger partial charge >= 0.3 is 0 Å². The Hall–Kier alpha value is -0.450. The summed E-state index contributed by atoms with van der Waals surface area (Å²) in [5.74, 6) is 0. The minimum atomic E-state index is -0.372. The van der Waals surface area contributed by atoms with Gasteiger partial charge in [-0.3, -0.25) is 0 Å². The Morgan fingerprint density at radius 1 is 1.41 bits per heavy atom. The predicted molar refractivity (Wildman–Crippen MR) is 71.2 cm³/mol. The summed E-state index contributed by atoms with van der Waals surface area (Å²) in [6.45, 7) is 2.16. The van der Waals surface area contributed by atoms with Gasteiger partial charge in [0, 0.05) is 17.6 Å². The zero-order valence-electron chi connectivity index (χ0n) is 10.5. The first-order chi connectivity index (χ1) is 8.24. The highest BCUT2D eigenvalue weighted by molar-refractivity contribution is 7.09. The number of aliphatic hydroxyl groups is 1. The SMILES string of the molecule is CC(CO)(NC1CCCCCC1)c1nccs1. The van der Waals surface area contributed by atoms with E-state index in [0.29, 0.717) is 6.04 Å². The van der Waals surface area contributed by atoms with Gasteiger partial charge < -0.3 is 10.4 Å². The number of rotatable bonds is 4. The number of aliphatic hydroxyl groups excluding tert-OH is 1. The average Bonchev–Trinajstić information content (AvgIpc) is 2.77. The molecule has 17 heavy (non-hydrogen) atoms. The van der Waals surface area contributed by atoms with Gasteiger partial charge in [0.25, 0.3) is 0 Å². The third kappa shape index (κ3) is 3.27. The van der Waals surface area contributed by atoms with Gasteiger partial charge in [0.05, 0.1) is 12.1 Å². The van der Waals surface area contributed by atoms with E-state index in [0.717, 1.165) is 5.01 Å². The van der Waals surface area contributed by atoms with Crippen LogP contribution in [-0.2, 0) is 5.54 Å². The summed E-state index contributed by atoms with van der Waals surface area (Å²) in [6, 6.07) is 0.526. The van der Waals surface area contributed by atoms with Crippen molar-refractivity contribution in [3.05, 3.63) is 16.6 Å². The van der Waals surface area contributed by atoms with Crippen molar-refractivity contribution in [3.63, 3.8) is 0 Å². The van der Waals surface area contributed by atoms with Crippen molar-refractivity contribution in [1.82, 2.24) is 10.3 Å². The van der Waals surface area contributed by atoms with Crippen LogP contribution in [0, 0.1) is 0 Å². The minimum absolute atomic E-state index is 0.108. The normalized spacial score (nSPS) is 22.0. The van der Waals surface area contributed by atoms with E-state index in [1.165, 1.54) is 38.5 Å². The molecule has 1 atom stereocenters. The Balaban J connectivity index is 2.03. The Morgan fingerprint density at radius 3 is 2.65 bits per heavy atom. The number of hydrogen-bond acceptors (Lipinski definition) is 4. The van der Waals surface area contributed by atoms with Crippen LogP contribution in [-0.4, -0.2) is 22.7 Å². The second-order valence-corrected chi connectivity index (χ2v) is 6.05. The molecule has 0 spiro atoms. The third-order valence-electron chi connectivity index (χ3n) is 3.60. The van der Waals surface area contributed by atoms with E-state index in [9.17, 15) is 5.11 Å². The number of hydrogen-bond donors (Lipinski definition) is 2. The number of nitrogens with one attached hydrogen (secondary N) is 1. The maximum absolute atomic E-state index is 9.66. The van der Waals surface area contributed by atoms with Gasteiger partial charge in [0.15, 0.2) is 0 Å². The van der Waals surface area contributed by atoms with Crippen LogP contribution in [0.2, 0.25) is 0 Å². The molecule has 0 amide bonds. The van der Waals surface area contributed by atoms with E-state index in [4.69, 9.17) is 0 Å². The molecular formula is C13H22N2OS. The lowest BCUT2D eigenvalue weighted by Crippen LogP contribution is -2.48. The van der Waals surface area contributed by atoms with E-state index in [1.54, 1.807) is 11.3 Å². The summed E-state index contributed by atoms with van der Waals surface area (Å²) in [4.78, 5) is 4.34. The second kappa shape index (κ2) is 5.94. The zero-order valence-corrected chi connectivity index (χ0v) is 11.3. The zero-order chi connectivity index (χ0) is 12.1. The van der Waals surface area contributed by atoms with Crippen molar-refractivity contribution in [3.8, 4) is 0 Å². The molecule has 1 heterocycles. The quantitative estimate of drug-likeness (QED) is 0.812. The molecule has 1 aromatic rings. The van der Waals surface area contributed by atoms with E-state index in [2.05, 4.69) is 17.2 Å². The van der Waals surface area contributed by atoms with Gasteiger partial charge in [-0.2, -0.15) is 0 Å². The monoisotopic (exact) mass is 254 g/mol. The van der Waals surface area contributed by atoms with Crippen LogP contribution in [0.5, 0.6) is 0 Å². The first kappa shape index (κ1) is 13.0. The first-order valence-electron chi connectivity index (χ1n) is 6.53. The van der Waals surface area contributed by atoms with E-state index >= 15 is 0 Å². The van der Waals surface area contributed by atoms with Crippen LogP contribution < -0.4 is 5.32 Å². The summed E-state index contributed by atoms with van der Waals surface area (Å²) in [5, 5.41) is 16.2. The van der Waals surface area contributed by atoms with E-state index in [1.807, 2.05) is 11.6 Å². The molecule has 1 saturated carbocycles. The summed E-state index contributed by atoms with van der Waals surface area (Å²) in [5.41, 5.74) is -0.372. The fourth-order valence-electron chi connectivity index (χ4n) is 2.55. The molecule has 1 aliphatic rings. The Bertz CT molecular complexity index is 320. The van der Waals surface area contributed by atoms with Crippen molar-refractivity contribution in [2.24, 2.45) is 0 Å². The predicted octanol–water partition coefficient (Wildman–Crippen LogP) is 2.66. The smallest absolute Gasteiger partial charge is 0.115 e. The van der Waals surface area contributed by atoms with Crippen molar-refractivity contribution in [2.75, 3.05) is 6.61 Å². The van der Waals surface area contributed by atoms with Crippen LogP contribution in [0.3, 0.4) is 0 Å². The number of nitrogens with zero attached hydrogens (tertiary/aromatic N) is 1. The summed E-state index contributed by atoms with van der Waals surface area (Å²) < 4.78 is 0. The van der Waals surface area contributed by atoms with Gasteiger partial charge in [-0.05, 0) is 19.8 Å². The molecule has 1 fully saturated rings. The molecular weight excluding hydrogens is 232 g/mol. The molecule has 0 radical (unpaired) electrons. The molecule has 0 aromatic carbocycles.